The molecule has 9 heteroatoms. The lowest BCUT2D eigenvalue weighted by Crippen LogP contribution is -2.73. The van der Waals surface area contributed by atoms with Gasteiger partial charge in [-0.3, -0.25) is 19.1 Å². The quantitative estimate of drug-likeness (QED) is 0.444. The minimum absolute atomic E-state index is 0.203. The maximum atomic E-state index is 13.2. The number of aryl methyl sites for hydroxylation is 1. The molecular weight excluding hydrogens is 430 g/mol. The molecule has 0 radical (unpaired) electrons. The van der Waals surface area contributed by atoms with Crippen molar-refractivity contribution in [2.45, 2.75) is 6.92 Å². The largest absolute Gasteiger partial charge is 0.378 e. The topological polar surface area (TPSA) is 106 Å². The molecule has 4 heterocycles. The number of nitrogens with one attached hydrogen (secondary N) is 1. The highest BCUT2D eigenvalue weighted by Crippen LogP contribution is 2.31. The number of imidazole rings is 1. The Kier molecular flexibility index (Phi) is 5.72. The number of anilines is 1. The van der Waals surface area contributed by atoms with Crippen molar-refractivity contribution in [1.29, 1.82) is 5.41 Å². The molecule has 1 fully saturated rings. The average Bonchev–Trinajstić information content (AvgIpc) is 3.12. The van der Waals surface area contributed by atoms with Gasteiger partial charge in [-0.2, -0.15) is 0 Å². The number of hydrogen-bond donors (Lipinski definition) is 2. The number of benzene rings is 1. The van der Waals surface area contributed by atoms with Crippen LogP contribution in [0.3, 0.4) is 0 Å². The Bertz CT molecular complexity index is 1490. The Morgan fingerprint density at radius 1 is 1.15 bits per heavy atom. The zero-order chi connectivity index (χ0) is 23.8. The lowest BCUT2D eigenvalue weighted by atomic mass is 10.0. The van der Waals surface area contributed by atoms with Crippen LogP contribution < -0.4 is 15.9 Å². The standard InChI is InChI=1S/C25H27N7O2/c1-16(26)22(14-27-2)32-24-20-11-17(4-5-21(20)29-15-23(24)30(3)25(32)33)18-10-19(13-28-12-18)31-6-8-34-9-7-31/h4-5,10-15,26-27H,6-9H2,1-3H3/p+1. The molecule has 0 spiro atoms. The number of fused-ring (bicyclic) bond motifs is 3. The van der Waals surface area contributed by atoms with Crippen molar-refractivity contribution >= 4 is 39.0 Å². The van der Waals surface area contributed by atoms with Gasteiger partial charge in [-0.1, -0.05) is 6.07 Å². The highest BCUT2D eigenvalue weighted by molar-refractivity contribution is 6.18. The molecule has 174 valence electrons. The molecule has 34 heavy (non-hydrogen) atoms. The molecule has 0 amide bonds. The van der Waals surface area contributed by atoms with E-state index >= 15 is 0 Å². The summed E-state index contributed by atoms with van der Waals surface area (Å²) in [5, 5.41) is 11.0. The Balaban J connectivity index is 1.73. The summed E-state index contributed by atoms with van der Waals surface area (Å²) in [5.41, 5.74) is 5.97. The monoisotopic (exact) mass is 458 g/mol. The Morgan fingerprint density at radius 2 is 1.94 bits per heavy atom. The number of pyridine rings is 2. The number of aromatic nitrogens is 4. The first-order valence-corrected chi connectivity index (χ1v) is 11.3. The van der Waals surface area contributed by atoms with Gasteiger partial charge in [0.05, 0.1) is 60.6 Å². The fourth-order valence-corrected chi connectivity index (χ4v) is 4.51. The highest BCUT2D eigenvalue weighted by Gasteiger charge is 2.20. The fraction of sp³-hybridized carbons (Fsp3) is 0.280. The van der Waals surface area contributed by atoms with Gasteiger partial charge >= 0.3 is 5.69 Å². The van der Waals surface area contributed by atoms with Crippen LogP contribution in [0.25, 0.3) is 38.8 Å². The molecule has 0 bridgehead atoms. The number of nitrogens with zero attached hydrogens (tertiary/aromatic N) is 5. The molecular formula is C25H28N7O2+. The van der Waals surface area contributed by atoms with Crippen molar-refractivity contribution in [3.8, 4) is 11.1 Å². The lowest BCUT2D eigenvalue weighted by Gasteiger charge is -2.28. The Morgan fingerprint density at radius 3 is 2.68 bits per heavy atom. The number of allylic oxidation sites excluding steroid dienone is 1. The average molecular weight is 459 g/mol. The normalized spacial score (nSPS) is 14.8. The van der Waals surface area contributed by atoms with Crippen LogP contribution in [-0.2, 0) is 11.8 Å². The van der Waals surface area contributed by atoms with Gasteiger partial charge < -0.3 is 20.4 Å². The van der Waals surface area contributed by atoms with Gasteiger partial charge in [0.1, 0.15) is 11.9 Å². The van der Waals surface area contributed by atoms with E-state index in [1.807, 2.05) is 36.9 Å². The third-order valence-corrected chi connectivity index (χ3v) is 6.27. The second-order valence-corrected chi connectivity index (χ2v) is 8.44. The molecule has 4 aromatic rings. The first-order chi connectivity index (χ1) is 16.5. The van der Waals surface area contributed by atoms with Gasteiger partial charge in [-0.05, 0) is 30.7 Å². The predicted molar refractivity (Wildman–Crippen MR) is 134 cm³/mol. The third kappa shape index (κ3) is 3.68. The molecule has 0 unspecified atom stereocenters. The SMILES string of the molecule is C[NH2+]C=C(C(C)=N)n1c(=O)n(C)c2cnc3ccc(-c4cncc(N5CCOCC5)c4)cc3c21. The van der Waals surface area contributed by atoms with Crippen molar-refractivity contribution < 1.29 is 10.1 Å². The second kappa shape index (κ2) is 8.85. The van der Waals surface area contributed by atoms with Crippen molar-refractivity contribution in [2.24, 2.45) is 7.05 Å². The lowest BCUT2D eigenvalue weighted by molar-refractivity contribution is -0.555. The summed E-state index contributed by atoms with van der Waals surface area (Å²) in [6, 6.07) is 8.21. The van der Waals surface area contributed by atoms with Crippen LogP contribution in [0.15, 0.2) is 53.9 Å². The van der Waals surface area contributed by atoms with Crippen LogP contribution >= 0.6 is 0 Å². The zero-order valence-electron chi connectivity index (χ0n) is 19.6. The van der Waals surface area contributed by atoms with E-state index in [9.17, 15) is 4.79 Å². The number of ether oxygens (including phenoxy) is 1. The van der Waals surface area contributed by atoms with Gasteiger partial charge in [0.2, 0.25) is 0 Å². The number of morpholine rings is 1. The molecule has 3 N–H and O–H groups in total. The van der Waals surface area contributed by atoms with E-state index in [-0.39, 0.29) is 5.69 Å². The van der Waals surface area contributed by atoms with Crippen LogP contribution in [0.4, 0.5) is 5.69 Å². The van der Waals surface area contributed by atoms with Gasteiger partial charge in [0.25, 0.3) is 0 Å². The number of quaternary nitrogens is 1. The van der Waals surface area contributed by atoms with E-state index in [1.54, 1.807) is 35.5 Å². The van der Waals surface area contributed by atoms with E-state index in [4.69, 9.17) is 10.1 Å². The van der Waals surface area contributed by atoms with E-state index in [0.717, 1.165) is 51.8 Å². The van der Waals surface area contributed by atoms with Crippen LogP contribution in [0.5, 0.6) is 0 Å². The first kappa shape index (κ1) is 22.0. The van der Waals surface area contributed by atoms with Crippen LogP contribution in [0.1, 0.15) is 6.92 Å². The molecule has 1 aliphatic heterocycles. The summed E-state index contributed by atoms with van der Waals surface area (Å²) in [6.07, 6.45) is 7.27. The molecule has 0 saturated carbocycles. The number of rotatable bonds is 5. The molecule has 0 atom stereocenters. The van der Waals surface area contributed by atoms with Crippen molar-refractivity contribution in [3.05, 3.63) is 59.5 Å². The first-order valence-electron chi connectivity index (χ1n) is 11.3. The molecule has 9 nitrogen and oxygen atoms in total. The van der Waals surface area contributed by atoms with Gasteiger partial charge in [-0.25, -0.2) is 4.79 Å². The Hall–Kier alpha value is -3.82. The molecule has 0 aliphatic carbocycles. The van der Waals surface area contributed by atoms with Crippen molar-refractivity contribution in [3.63, 3.8) is 0 Å². The zero-order valence-corrected chi connectivity index (χ0v) is 19.6. The van der Waals surface area contributed by atoms with E-state index in [1.165, 1.54) is 0 Å². The number of hydrogen-bond acceptors (Lipinski definition) is 6. The highest BCUT2D eigenvalue weighted by atomic mass is 16.5. The van der Waals surface area contributed by atoms with E-state index in [2.05, 4.69) is 27.0 Å². The van der Waals surface area contributed by atoms with Crippen LogP contribution in [-0.4, -0.2) is 58.2 Å². The molecule has 1 aliphatic rings. The molecule has 5 rings (SSSR count). The summed E-state index contributed by atoms with van der Waals surface area (Å²) >= 11 is 0. The summed E-state index contributed by atoms with van der Waals surface area (Å²) < 4.78 is 8.68. The summed E-state index contributed by atoms with van der Waals surface area (Å²) in [5.74, 6) is 0. The van der Waals surface area contributed by atoms with Gasteiger partial charge in [0, 0.05) is 37.3 Å². The minimum atomic E-state index is -0.203. The fourth-order valence-electron chi connectivity index (χ4n) is 4.51. The summed E-state index contributed by atoms with van der Waals surface area (Å²) in [7, 11) is 3.62. The predicted octanol–water partition coefficient (Wildman–Crippen LogP) is 1.82. The third-order valence-electron chi connectivity index (χ3n) is 6.27. The number of nitrogens with two attached hydrogens (primary N) is 1. The van der Waals surface area contributed by atoms with Crippen LogP contribution in [0, 0.1) is 5.41 Å². The molecule has 1 aromatic carbocycles. The summed E-state index contributed by atoms with van der Waals surface area (Å²) in [6.45, 7) is 4.81. The van der Waals surface area contributed by atoms with Crippen molar-refractivity contribution in [1.82, 2.24) is 19.1 Å². The van der Waals surface area contributed by atoms with E-state index in [0.29, 0.717) is 24.6 Å². The van der Waals surface area contributed by atoms with Crippen molar-refractivity contribution in [2.75, 3.05) is 38.3 Å². The van der Waals surface area contributed by atoms with Gasteiger partial charge in [-0.15, -0.1) is 0 Å². The smallest absolute Gasteiger partial charge is 0.333 e. The maximum absolute atomic E-state index is 13.2. The van der Waals surface area contributed by atoms with Gasteiger partial charge in [0.15, 0.2) is 0 Å². The summed E-state index contributed by atoms with van der Waals surface area (Å²) in [4.78, 5) is 24.6. The van der Waals surface area contributed by atoms with E-state index < -0.39 is 0 Å². The Labute approximate surface area is 196 Å². The molecule has 1 saturated heterocycles. The molecule has 3 aromatic heterocycles. The minimum Gasteiger partial charge on any atom is -0.378 e. The van der Waals surface area contributed by atoms with Crippen LogP contribution in [0.2, 0.25) is 0 Å². The maximum Gasteiger partial charge on any atom is 0.333 e. The second-order valence-electron chi connectivity index (χ2n) is 8.44.